The number of carboxylic acid groups (broad SMARTS) is 1. The van der Waals surface area contributed by atoms with Crippen molar-refractivity contribution in [2.24, 2.45) is 0 Å². The maximum absolute atomic E-state index is 11.1. The van der Waals surface area contributed by atoms with Crippen molar-refractivity contribution in [3.8, 4) is 11.6 Å². The van der Waals surface area contributed by atoms with Crippen LogP contribution < -0.4 is 15.2 Å². The minimum atomic E-state index is -1.13. The van der Waals surface area contributed by atoms with Gasteiger partial charge in [0, 0.05) is 0 Å². The van der Waals surface area contributed by atoms with Crippen LogP contribution in [0.15, 0.2) is 36.5 Å². The molecule has 0 bridgehead atoms. The largest absolute Gasteiger partial charge is 0.497 e. The molecular formula is C14H14N2O4. The fourth-order valence-corrected chi connectivity index (χ4v) is 1.61. The summed E-state index contributed by atoms with van der Waals surface area (Å²) in [6.07, 6.45) is 1.36. The van der Waals surface area contributed by atoms with Crippen LogP contribution in [0, 0.1) is 0 Å². The molecule has 0 aliphatic heterocycles. The summed E-state index contributed by atoms with van der Waals surface area (Å²) in [5, 5.41) is 9.06. The number of hydrogen-bond acceptors (Lipinski definition) is 5. The second-order valence-corrected chi connectivity index (χ2v) is 4.06. The quantitative estimate of drug-likeness (QED) is 0.865. The zero-order valence-electron chi connectivity index (χ0n) is 10.9. The number of aromatic carboxylic acids is 1. The number of carboxylic acids is 1. The molecule has 1 heterocycles. The van der Waals surface area contributed by atoms with E-state index in [1.807, 2.05) is 12.1 Å². The Morgan fingerprint density at radius 1 is 1.35 bits per heavy atom. The lowest BCUT2D eigenvalue weighted by atomic mass is 10.2. The maximum atomic E-state index is 11.1. The van der Waals surface area contributed by atoms with E-state index in [-0.39, 0.29) is 23.7 Å². The van der Waals surface area contributed by atoms with Gasteiger partial charge in [-0.25, -0.2) is 9.78 Å². The zero-order chi connectivity index (χ0) is 14.5. The topological polar surface area (TPSA) is 94.7 Å². The zero-order valence-corrected chi connectivity index (χ0v) is 10.9. The van der Waals surface area contributed by atoms with Crippen molar-refractivity contribution in [3.63, 3.8) is 0 Å². The Balaban J connectivity index is 2.12. The molecule has 0 saturated heterocycles. The number of nitrogen functional groups attached to an aromatic ring is 1. The number of methoxy groups -OCH3 is 1. The Labute approximate surface area is 115 Å². The van der Waals surface area contributed by atoms with Crippen LogP contribution in [0.5, 0.6) is 11.6 Å². The highest BCUT2D eigenvalue weighted by Gasteiger charge is 2.13. The maximum Gasteiger partial charge on any atom is 0.341 e. The van der Waals surface area contributed by atoms with Crippen molar-refractivity contribution in [3.05, 3.63) is 47.7 Å². The lowest BCUT2D eigenvalue weighted by Gasteiger charge is -2.09. The monoisotopic (exact) mass is 274 g/mol. The van der Waals surface area contributed by atoms with Gasteiger partial charge < -0.3 is 20.3 Å². The molecule has 0 aliphatic carbocycles. The van der Waals surface area contributed by atoms with Crippen molar-refractivity contribution in [2.75, 3.05) is 12.8 Å². The van der Waals surface area contributed by atoms with Crippen molar-refractivity contribution in [2.45, 2.75) is 6.61 Å². The van der Waals surface area contributed by atoms with Gasteiger partial charge in [0.05, 0.1) is 19.0 Å². The highest BCUT2D eigenvalue weighted by Crippen LogP contribution is 2.20. The van der Waals surface area contributed by atoms with E-state index in [9.17, 15) is 4.79 Å². The predicted octanol–water partition coefficient (Wildman–Crippen LogP) is 1.95. The Hall–Kier alpha value is -2.76. The highest BCUT2D eigenvalue weighted by molar-refractivity contribution is 5.91. The lowest BCUT2D eigenvalue weighted by molar-refractivity contribution is 0.0690. The molecule has 6 heteroatoms. The van der Waals surface area contributed by atoms with Crippen LogP contribution in [0.25, 0.3) is 0 Å². The summed E-state index contributed by atoms with van der Waals surface area (Å²) >= 11 is 0. The minimum absolute atomic E-state index is 0.0440. The van der Waals surface area contributed by atoms with E-state index >= 15 is 0 Å². The molecule has 1 aromatic carbocycles. The fraction of sp³-hybridized carbons (Fsp3) is 0.143. The molecule has 0 atom stereocenters. The van der Waals surface area contributed by atoms with Gasteiger partial charge in [0.25, 0.3) is 0 Å². The number of carbonyl (C=O) groups is 1. The number of aromatic nitrogens is 1. The molecule has 0 amide bonds. The van der Waals surface area contributed by atoms with Crippen molar-refractivity contribution >= 4 is 11.7 Å². The fourth-order valence-electron chi connectivity index (χ4n) is 1.61. The van der Waals surface area contributed by atoms with Gasteiger partial charge in [-0.3, -0.25) is 0 Å². The summed E-state index contributed by atoms with van der Waals surface area (Å²) in [6, 6.07) is 8.58. The van der Waals surface area contributed by atoms with Gasteiger partial charge in [-0.05, 0) is 23.8 Å². The van der Waals surface area contributed by atoms with Crippen molar-refractivity contribution in [1.82, 2.24) is 4.98 Å². The van der Waals surface area contributed by atoms with Crippen LogP contribution in [0.4, 0.5) is 5.69 Å². The number of anilines is 1. The normalized spacial score (nSPS) is 10.1. The number of hydrogen-bond donors (Lipinski definition) is 2. The molecule has 1 aromatic heterocycles. The SMILES string of the molecule is COc1ccc(COc2ncc(N)cc2C(=O)O)cc1. The van der Waals surface area contributed by atoms with Gasteiger partial charge >= 0.3 is 5.97 Å². The van der Waals surface area contributed by atoms with Crippen LogP contribution in [-0.2, 0) is 6.61 Å². The van der Waals surface area contributed by atoms with E-state index < -0.39 is 5.97 Å². The van der Waals surface area contributed by atoms with Crippen LogP contribution >= 0.6 is 0 Å². The number of nitrogens with two attached hydrogens (primary N) is 1. The third kappa shape index (κ3) is 3.17. The summed E-state index contributed by atoms with van der Waals surface area (Å²) < 4.78 is 10.5. The summed E-state index contributed by atoms with van der Waals surface area (Å²) in [6.45, 7) is 0.210. The first-order valence-corrected chi connectivity index (χ1v) is 5.84. The summed E-state index contributed by atoms with van der Waals surface area (Å²) in [5.74, 6) is -0.345. The van der Waals surface area contributed by atoms with Crippen LogP contribution in [0.2, 0.25) is 0 Å². The molecule has 0 fully saturated rings. The number of nitrogens with zero attached hydrogens (tertiary/aromatic N) is 1. The summed E-state index contributed by atoms with van der Waals surface area (Å²) in [7, 11) is 1.59. The number of benzene rings is 1. The molecule has 3 N–H and O–H groups in total. The smallest absolute Gasteiger partial charge is 0.341 e. The van der Waals surface area contributed by atoms with Gasteiger partial charge in [0.2, 0.25) is 5.88 Å². The summed E-state index contributed by atoms with van der Waals surface area (Å²) in [4.78, 5) is 15.0. The third-order valence-electron chi connectivity index (χ3n) is 2.64. The molecule has 104 valence electrons. The van der Waals surface area contributed by atoms with E-state index in [0.29, 0.717) is 0 Å². The van der Waals surface area contributed by atoms with E-state index in [1.54, 1.807) is 19.2 Å². The van der Waals surface area contributed by atoms with Crippen LogP contribution in [0.1, 0.15) is 15.9 Å². The first-order chi connectivity index (χ1) is 9.60. The molecule has 2 aromatic rings. The second kappa shape index (κ2) is 5.92. The number of rotatable bonds is 5. The first kappa shape index (κ1) is 13.7. The molecule has 0 saturated carbocycles. The van der Waals surface area contributed by atoms with Gasteiger partial charge in [0.1, 0.15) is 17.9 Å². The van der Waals surface area contributed by atoms with E-state index in [1.165, 1.54) is 12.3 Å². The average molecular weight is 274 g/mol. The second-order valence-electron chi connectivity index (χ2n) is 4.06. The molecular weight excluding hydrogens is 260 g/mol. The highest BCUT2D eigenvalue weighted by atomic mass is 16.5. The number of pyridine rings is 1. The van der Waals surface area contributed by atoms with Crippen molar-refractivity contribution in [1.29, 1.82) is 0 Å². The van der Waals surface area contributed by atoms with Crippen LogP contribution in [-0.4, -0.2) is 23.2 Å². The Morgan fingerprint density at radius 3 is 2.65 bits per heavy atom. The van der Waals surface area contributed by atoms with Gasteiger partial charge in [-0.15, -0.1) is 0 Å². The van der Waals surface area contributed by atoms with E-state index in [4.69, 9.17) is 20.3 Å². The van der Waals surface area contributed by atoms with Crippen LogP contribution in [0.3, 0.4) is 0 Å². The minimum Gasteiger partial charge on any atom is -0.497 e. The lowest BCUT2D eigenvalue weighted by Crippen LogP contribution is -2.06. The van der Waals surface area contributed by atoms with Crippen molar-refractivity contribution < 1.29 is 19.4 Å². The molecule has 0 spiro atoms. The first-order valence-electron chi connectivity index (χ1n) is 5.84. The molecule has 20 heavy (non-hydrogen) atoms. The molecule has 6 nitrogen and oxygen atoms in total. The molecule has 0 radical (unpaired) electrons. The van der Waals surface area contributed by atoms with Gasteiger partial charge in [-0.1, -0.05) is 12.1 Å². The van der Waals surface area contributed by atoms with Gasteiger partial charge in [-0.2, -0.15) is 0 Å². The Kier molecular flexibility index (Phi) is 4.05. The molecule has 0 aliphatic rings. The van der Waals surface area contributed by atoms with Gasteiger partial charge in [0.15, 0.2) is 0 Å². The number of ether oxygens (including phenoxy) is 2. The Morgan fingerprint density at radius 2 is 2.05 bits per heavy atom. The standard InChI is InChI=1S/C14H14N2O4/c1-19-11-4-2-9(3-5-11)8-20-13-12(14(17)18)6-10(15)7-16-13/h2-7H,8,15H2,1H3,(H,17,18). The van der Waals surface area contributed by atoms with E-state index in [0.717, 1.165) is 11.3 Å². The third-order valence-corrected chi connectivity index (χ3v) is 2.64. The average Bonchev–Trinajstić information content (AvgIpc) is 2.46. The van der Waals surface area contributed by atoms with E-state index in [2.05, 4.69) is 4.98 Å². The molecule has 2 rings (SSSR count). The Bertz CT molecular complexity index is 611. The summed E-state index contributed by atoms with van der Waals surface area (Å²) in [5.41, 5.74) is 6.61. The predicted molar refractivity (Wildman–Crippen MR) is 72.9 cm³/mol. The molecule has 0 unspecified atom stereocenters.